The second-order valence-electron chi connectivity index (χ2n) is 5.26. The number of aliphatic carboxylic acids is 1. The molecule has 2 N–H and O–H groups in total. The summed E-state index contributed by atoms with van der Waals surface area (Å²) in [5.41, 5.74) is -0.757. The van der Waals surface area contributed by atoms with E-state index in [4.69, 9.17) is 0 Å². The van der Waals surface area contributed by atoms with Crippen LogP contribution in [0.4, 0.5) is 0 Å². The summed E-state index contributed by atoms with van der Waals surface area (Å²) in [5.74, 6) is 2.27. The van der Waals surface area contributed by atoms with Gasteiger partial charge in [-0.15, -0.1) is 0 Å². The number of rotatable bonds is 11. The third-order valence-electron chi connectivity index (χ3n) is 3.30. The van der Waals surface area contributed by atoms with Crippen LogP contribution in [0, 0.1) is 5.92 Å². The highest BCUT2D eigenvalue weighted by Gasteiger charge is 2.31. The van der Waals surface area contributed by atoms with Crippen LogP contribution in [0.5, 0.6) is 0 Å². The first-order chi connectivity index (χ1) is 8.46. The highest BCUT2D eigenvalue weighted by Crippen LogP contribution is 2.18. The molecule has 2 unspecified atom stereocenters. The van der Waals surface area contributed by atoms with Gasteiger partial charge in [0.2, 0.25) is 0 Å². The van der Waals surface area contributed by atoms with Crippen LogP contribution in [0.3, 0.4) is 0 Å². The largest absolute Gasteiger partial charge is 0.480 e. The quantitative estimate of drug-likeness (QED) is 0.568. The second kappa shape index (κ2) is 9.68. The van der Waals surface area contributed by atoms with Crippen LogP contribution in [0.2, 0.25) is 0 Å². The summed E-state index contributed by atoms with van der Waals surface area (Å²) in [4.78, 5) is 11.3. The van der Waals surface area contributed by atoms with E-state index < -0.39 is 11.5 Å². The summed E-state index contributed by atoms with van der Waals surface area (Å²) >= 11 is 1.94. The Kier molecular flexibility index (Phi) is 9.56. The molecule has 0 heterocycles. The lowest BCUT2D eigenvalue weighted by Crippen LogP contribution is -2.49. The van der Waals surface area contributed by atoms with Crippen molar-refractivity contribution in [2.24, 2.45) is 5.92 Å². The van der Waals surface area contributed by atoms with E-state index in [1.165, 1.54) is 12.2 Å². The monoisotopic (exact) mass is 275 g/mol. The van der Waals surface area contributed by atoms with Gasteiger partial charge in [-0.3, -0.25) is 4.79 Å². The van der Waals surface area contributed by atoms with Crippen molar-refractivity contribution in [2.75, 3.05) is 18.1 Å². The summed E-state index contributed by atoms with van der Waals surface area (Å²) in [7, 11) is 0. The van der Waals surface area contributed by atoms with Gasteiger partial charge in [0.05, 0.1) is 0 Å². The van der Waals surface area contributed by atoms with E-state index in [-0.39, 0.29) is 0 Å². The second-order valence-corrected chi connectivity index (χ2v) is 6.41. The van der Waals surface area contributed by atoms with Crippen LogP contribution in [0.25, 0.3) is 0 Å². The molecule has 0 aliphatic heterocycles. The van der Waals surface area contributed by atoms with Crippen LogP contribution >= 0.6 is 11.8 Å². The molecule has 2 atom stereocenters. The summed E-state index contributed by atoms with van der Waals surface area (Å²) in [6, 6.07) is 0. The molecule has 3 nitrogen and oxygen atoms in total. The number of thioether (sulfide) groups is 1. The maximum absolute atomic E-state index is 11.3. The van der Waals surface area contributed by atoms with Gasteiger partial charge >= 0.3 is 5.97 Å². The van der Waals surface area contributed by atoms with E-state index in [0.717, 1.165) is 31.1 Å². The average molecular weight is 275 g/mol. The average Bonchev–Trinajstić information content (AvgIpc) is 2.35. The Labute approximate surface area is 116 Å². The SMILES string of the molecule is CCCNC(C)(CCCSCC(C)CC)C(=O)O. The number of hydrogen-bond donors (Lipinski definition) is 2. The van der Waals surface area contributed by atoms with E-state index in [2.05, 4.69) is 26.1 Å². The normalized spacial score (nSPS) is 16.2. The minimum Gasteiger partial charge on any atom is -0.480 e. The molecule has 0 saturated heterocycles. The summed E-state index contributed by atoms with van der Waals surface area (Å²) in [6.45, 7) is 9.09. The molecule has 4 heteroatoms. The molecule has 0 aromatic heterocycles. The number of nitrogens with one attached hydrogen (secondary N) is 1. The minimum absolute atomic E-state index is 0.704. The maximum atomic E-state index is 11.3. The molecule has 108 valence electrons. The zero-order chi connectivity index (χ0) is 14.0. The number of carbonyl (C=O) groups is 1. The molecule has 0 spiro atoms. The van der Waals surface area contributed by atoms with Crippen molar-refractivity contribution in [3.63, 3.8) is 0 Å². The first kappa shape index (κ1) is 17.8. The van der Waals surface area contributed by atoms with Crippen molar-refractivity contribution in [3.8, 4) is 0 Å². The zero-order valence-corrected chi connectivity index (χ0v) is 13.1. The predicted octanol–water partition coefficient (Wildman–Crippen LogP) is 3.39. The van der Waals surface area contributed by atoms with E-state index in [1.807, 2.05) is 11.8 Å². The first-order valence-electron chi connectivity index (χ1n) is 7.02. The fraction of sp³-hybridized carbons (Fsp3) is 0.929. The van der Waals surface area contributed by atoms with Crippen molar-refractivity contribution in [1.82, 2.24) is 5.32 Å². The Balaban J connectivity index is 3.87. The molecule has 0 aliphatic carbocycles. The standard InChI is InChI=1S/C14H29NO2S/c1-5-9-15-14(4,13(16)17)8-7-10-18-11-12(3)6-2/h12,15H,5-11H2,1-4H3,(H,16,17). The Morgan fingerprint density at radius 3 is 2.61 bits per heavy atom. The van der Waals surface area contributed by atoms with Gasteiger partial charge in [-0.2, -0.15) is 11.8 Å². The molecule has 0 aromatic rings. The van der Waals surface area contributed by atoms with Crippen LogP contribution < -0.4 is 5.32 Å². The van der Waals surface area contributed by atoms with E-state index in [0.29, 0.717) is 6.42 Å². The Morgan fingerprint density at radius 1 is 1.44 bits per heavy atom. The molecule has 0 amide bonds. The Bertz CT molecular complexity index is 236. The van der Waals surface area contributed by atoms with Gasteiger partial charge in [0, 0.05) is 0 Å². The highest BCUT2D eigenvalue weighted by atomic mass is 32.2. The van der Waals surface area contributed by atoms with Gasteiger partial charge in [0.15, 0.2) is 0 Å². The van der Waals surface area contributed by atoms with Crippen LogP contribution in [0.1, 0.15) is 53.4 Å². The van der Waals surface area contributed by atoms with Crippen LogP contribution in [-0.2, 0) is 4.79 Å². The smallest absolute Gasteiger partial charge is 0.323 e. The lowest BCUT2D eigenvalue weighted by atomic mass is 9.96. The molecule has 0 saturated carbocycles. The predicted molar refractivity (Wildman–Crippen MR) is 80.3 cm³/mol. The highest BCUT2D eigenvalue weighted by molar-refractivity contribution is 7.99. The fourth-order valence-corrected chi connectivity index (χ4v) is 2.76. The molecule has 0 bridgehead atoms. The van der Waals surface area contributed by atoms with Gasteiger partial charge in [0.25, 0.3) is 0 Å². The van der Waals surface area contributed by atoms with Crippen molar-refractivity contribution >= 4 is 17.7 Å². The molecule has 0 aliphatic rings. The fourth-order valence-electron chi connectivity index (χ4n) is 1.60. The Hall–Kier alpha value is -0.220. The Morgan fingerprint density at radius 2 is 2.11 bits per heavy atom. The van der Waals surface area contributed by atoms with Crippen molar-refractivity contribution in [1.29, 1.82) is 0 Å². The molecule has 0 aromatic carbocycles. The molecule has 0 fully saturated rings. The zero-order valence-electron chi connectivity index (χ0n) is 12.3. The van der Waals surface area contributed by atoms with E-state index >= 15 is 0 Å². The third kappa shape index (κ3) is 7.27. The summed E-state index contributed by atoms with van der Waals surface area (Å²) in [6.07, 6.45) is 3.85. The lowest BCUT2D eigenvalue weighted by Gasteiger charge is -2.26. The first-order valence-corrected chi connectivity index (χ1v) is 8.17. The van der Waals surface area contributed by atoms with Gasteiger partial charge in [0.1, 0.15) is 5.54 Å². The molecular weight excluding hydrogens is 246 g/mol. The van der Waals surface area contributed by atoms with Crippen molar-refractivity contribution < 1.29 is 9.90 Å². The molecular formula is C14H29NO2S. The maximum Gasteiger partial charge on any atom is 0.323 e. The third-order valence-corrected chi connectivity index (χ3v) is 4.68. The topological polar surface area (TPSA) is 49.3 Å². The number of hydrogen-bond acceptors (Lipinski definition) is 3. The van der Waals surface area contributed by atoms with Gasteiger partial charge in [-0.1, -0.05) is 27.2 Å². The summed E-state index contributed by atoms with van der Waals surface area (Å²) < 4.78 is 0. The molecule has 18 heavy (non-hydrogen) atoms. The van der Waals surface area contributed by atoms with Crippen LogP contribution in [-0.4, -0.2) is 34.7 Å². The van der Waals surface area contributed by atoms with Crippen molar-refractivity contribution in [2.45, 2.75) is 58.9 Å². The number of carboxylic acid groups (broad SMARTS) is 1. The minimum atomic E-state index is -0.757. The van der Waals surface area contributed by atoms with E-state index in [1.54, 1.807) is 6.92 Å². The molecule has 0 radical (unpaired) electrons. The van der Waals surface area contributed by atoms with Crippen molar-refractivity contribution in [3.05, 3.63) is 0 Å². The number of carboxylic acids is 1. The van der Waals surface area contributed by atoms with Gasteiger partial charge in [-0.25, -0.2) is 0 Å². The van der Waals surface area contributed by atoms with Gasteiger partial charge < -0.3 is 10.4 Å². The van der Waals surface area contributed by atoms with E-state index in [9.17, 15) is 9.90 Å². The van der Waals surface area contributed by atoms with Crippen LogP contribution in [0.15, 0.2) is 0 Å². The summed E-state index contributed by atoms with van der Waals surface area (Å²) in [5, 5.41) is 12.4. The van der Waals surface area contributed by atoms with Gasteiger partial charge in [-0.05, 0) is 50.2 Å². The lowest BCUT2D eigenvalue weighted by molar-refractivity contribution is -0.144. The molecule has 0 rings (SSSR count).